The molecule has 0 amide bonds. The van der Waals surface area contributed by atoms with Gasteiger partial charge < -0.3 is 0 Å². The summed E-state index contributed by atoms with van der Waals surface area (Å²) in [4.78, 5) is 0. The summed E-state index contributed by atoms with van der Waals surface area (Å²) in [6, 6.07) is 4.37. The van der Waals surface area contributed by atoms with Crippen LogP contribution in [-0.2, 0) is 0 Å². The summed E-state index contributed by atoms with van der Waals surface area (Å²) in [6.07, 6.45) is 1.44. The highest BCUT2D eigenvalue weighted by atomic mass is 35.6. The lowest BCUT2D eigenvalue weighted by molar-refractivity contribution is 1.01. The average Bonchev–Trinajstić information content (AvgIpc) is 1.88. The molecule has 0 saturated carbocycles. The van der Waals surface area contributed by atoms with Crippen LogP contribution in [-0.4, -0.2) is 16.9 Å². The van der Waals surface area contributed by atoms with Crippen LogP contribution < -0.4 is 0 Å². The molecule has 2 radical (unpaired) electrons. The van der Waals surface area contributed by atoms with E-state index in [1.165, 1.54) is 24.2 Å². The van der Waals surface area contributed by atoms with Gasteiger partial charge in [0.15, 0.2) is 8.11 Å². The molecule has 1 fully saturated rings. The van der Waals surface area contributed by atoms with Gasteiger partial charge in [0.25, 0.3) is 0 Å². The van der Waals surface area contributed by atoms with Crippen molar-refractivity contribution in [1.29, 1.82) is 0 Å². The van der Waals surface area contributed by atoms with E-state index in [-0.39, 0.29) is 16.9 Å². The van der Waals surface area contributed by atoms with E-state index in [2.05, 4.69) is 6.92 Å². The topological polar surface area (TPSA) is 0 Å². The third kappa shape index (κ3) is 2.44. The van der Waals surface area contributed by atoms with Gasteiger partial charge >= 0.3 is 0 Å². The molecule has 0 spiro atoms. The average molecular weight is 177 g/mol. The molecule has 0 N–H and O–H groups in total. The first kappa shape index (κ1) is 7.83. The van der Waals surface area contributed by atoms with Crippen molar-refractivity contribution in [3.05, 3.63) is 0 Å². The highest BCUT2D eigenvalue weighted by Gasteiger charge is 2.21. The maximum Gasteiger partial charge on any atom is 0.162 e. The third-order valence-electron chi connectivity index (χ3n) is 1.92. The molecule has 0 aromatic rings. The second-order valence-corrected chi connectivity index (χ2v) is 9.91. The molecule has 9 heavy (non-hydrogen) atoms. The summed E-state index contributed by atoms with van der Waals surface area (Å²) in [5, 5.41) is 0. The smallest absolute Gasteiger partial charge is 0.162 e. The lowest BCUT2D eigenvalue weighted by atomic mass is 10.6. The molecule has 1 heterocycles. The Morgan fingerprint density at radius 2 is 2.22 bits per heavy atom. The van der Waals surface area contributed by atoms with Crippen LogP contribution in [0.1, 0.15) is 13.3 Å². The van der Waals surface area contributed by atoms with E-state index in [0.29, 0.717) is 0 Å². The summed E-state index contributed by atoms with van der Waals surface area (Å²) in [6.45, 7) is 2.33. The first-order valence-electron chi connectivity index (χ1n) is 3.66. The summed E-state index contributed by atoms with van der Waals surface area (Å²) in [5.74, 6) is 0. The minimum Gasteiger partial charge on any atom is -0.169 e. The molecule has 0 aromatic heterocycles. The highest BCUT2D eigenvalue weighted by Crippen LogP contribution is 2.23. The Morgan fingerprint density at radius 3 is 2.67 bits per heavy atom. The SMILES string of the molecule is CC[Si]1CCC[Si](Cl)C1. The van der Waals surface area contributed by atoms with Crippen molar-refractivity contribution in [3.8, 4) is 0 Å². The maximum absolute atomic E-state index is 6.12. The Bertz CT molecular complexity index is 87.1. The molecule has 0 atom stereocenters. The zero-order chi connectivity index (χ0) is 6.69. The fraction of sp³-hybridized carbons (Fsp3) is 1.00. The summed E-state index contributed by atoms with van der Waals surface area (Å²) < 4.78 is 0. The van der Waals surface area contributed by atoms with Gasteiger partial charge in [-0.2, -0.15) is 11.1 Å². The van der Waals surface area contributed by atoms with Gasteiger partial charge in [0, 0.05) is 8.80 Å². The van der Waals surface area contributed by atoms with E-state index in [9.17, 15) is 0 Å². The van der Waals surface area contributed by atoms with Crippen LogP contribution in [0.2, 0.25) is 23.8 Å². The number of hydrogen-bond donors (Lipinski definition) is 0. The quantitative estimate of drug-likeness (QED) is 0.426. The summed E-state index contributed by atoms with van der Waals surface area (Å²) in [7, 11) is -0.259. The Balaban J connectivity index is 2.23. The molecule has 0 unspecified atom stereocenters. The standard InChI is InChI=1S/C6H13ClSi2/c1-2-8-4-3-5-9(7)6-8/h2-6H2,1H3. The van der Waals surface area contributed by atoms with Gasteiger partial charge in [0.1, 0.15) is 0 Å². The molecular formula is C6H13ClSi2. The molecule has 0 bridgehead atoms. The van der Waals surface area contributed by atoms with Crippen LogP contribution in [0.15, 0.2) is 0 Å². The van der Waals surface area contributed by atoms with Crippen LogP contribution in [0, 0.1) is 0 Å². The highest BCUT2D eigenvalue weighted by molar-refractivity contribution is 7.11. The fourth-order valence-electron chi connectivity index (χ4n) is 1.28. The molecule has 1 rings (SSSR count). The van der Waals surface area contributed by atoms with E-state index in [1.54, 1.807) is 6.04 Å². The number of hydrogen-bond acceptors (Lipinski definition) is 0. The Morgan fingerprint density at radius 1 is 1.44 bits per heavy atom. The van der Waals surface area contributed by atoms with Crippen molar-refractivity contribution in [2.75, 3.05) is 0 Å². The van der Waals surface area contributed by atoms with Crippen molar-refractivity contribution in [3.63, 3.8) is 0 Å². The summed E-state index contributed by atoms with van der Waals surface area (Å²) >= 11 is 6.12. The van der Waals surface area contributed by atoms with Gasteiger partial charge in [-0.3, -0.25) is 0 Å². The van der Waals surface area contributed by atoms with Crippen molar-refractivity contribution in [2.24, 2.45) is 0 Å². The van der Waals surface area contributed by atoms with Crippen molar-refractivity contribution in [2.45, 2.75) is 37.1 Å². The Kier molecular flexibility index (Phi) is 3.29. The normalized spacial score (nSPS) is 24.7. The molecule has 1 aliphatic rings. The molecule has 0 aliphatic carbocycles. The zero-order valence-corrected chi connectivity index (χ0v) is 8.67. The lowest BCUT2D eigenvalue weighted by Crippen LogP contribution is -2.24. The minimum atomic E-state index is -0.336. The lowest BCUT2D eigenvalue weighted by Gasteiger charge is -2.20. The fourth-order valence-corrected chi connectivity index (χ4v) is 9.91. The molecule has 3 heteroatoms. The van der Waals surface area contributed by atoms with Crippen molar-refractivity contribution >= 4 is 28.0 Å². The van der Waals surface area contributed by atoms with Crippen LogP contribution in [0.3, 0.4) is 0 Å². The van der Waals surface area contributed by atoms with Crippen LogP contribution >= 0.6 is 11.1 Å². The van der Waals surface area contributed by atoms with E-state index in [0.717, 1.165) is 0 Å². The second kappa shape index (κ2) is 3.79. The number of rotatable bonds is 1. The van der Waals surface area contributed by atoms with Gasteiger partial charge in [-0.25, -0.2) is 0 Å². The monoisotopic (exact) mass is 176 g/mol. The Hall–Kier alpha value is 0.724. The Labute approximate surface area is 65.5 Å². The molecule has 52 valence electrons. The van der Waals surface area contributed by atoms with Crippen LogP contribution in [0.25, 0.3) is 0 Å². The first-order valence-corrected chi connectivity index (χ1v) is 8.71. The van der Waals surface area contributed by atoms with E-state index in [1.807, 2.05) is 0 Å². The predicted octanol–water partition coefficient (Wildman–Crippen LogP) is 2.67. The molecule has 0 nitrogen and oxygen atoms in total. The molecule has 1 aliphatic heterocycles. The molecule has 0 aromatic carbocycles. The molecular weight excluding hydrogens is 164 g/mol. The zero-order valence-electron chi connectivity index (χ0n) is 5.91. The van der Waals surface area contributed by atoms with Crippen molar-refractivity contribution in [1.82, 2.24) is 0 Å². The van der Waals surface area contributed by atoms with E-state index in [4.69, 9.17) is 11.1 Å². The predicted molar refractivity (Wildman–Crippen MR) is 46.9 cm³/mol. The largest absolute Gasteiger partial charge is 0.169 e. The van der Waals surface area contributed by atoms with E-state index >= 15 is 0 Å². The third-order valence-corrected chi connectivity index (χ3v) is 10.2. The van der Waals surface area contributed by atoms with Gasteiger partial charge in [0.05, 0.1) is 0 Å². The van der Waals surface area contributed by atoms with Crippen molar-refractivity contribution < 1.29 is 0 Å². The van der Waals surface area contributed by atoms with Crippen LogP contribution in [0.5, 0.6) is 0 Å². The van der Waals surface area contributed by atoms with Gasteiger partial charge in [-0.05, 0) is 6.04 Å². The maximum atomic E-state index is 6.12. The van der Waals surface area contributed by atoms with E-state index < -0.39 is 0 Å². The van der Waals surface area contributed by atoms with Gasteiger partial charge in [-0.1, -0.05) is 31.1 Å². The molecule has 1 saturated heterocycles. The van der Waals surface area contributed by atoms with Gasteiger partial charge in [-0.15, -0.1) is 0 Å². The first-order chi connectivity index (χ1) is 4.33. The van der Waals surface area contributed by atoms with Crippen LogP contribution in [0.4, 0.5) is 0 Å². The number of halogens is 1. The summed E-state index contributed by atoms with van der Waals surface area (Å²) in [5.41, 5.74) is 1.47. The minimum absolute atomic E-state index is 0.0773. The van der Waals surface area contributed by atoms with Gasteiger partial charge in [0.2, 0.25) is 0 Å². The second-order valence-electron chi connectivity index (χ2n) is 2.65.